The van der Waals surface area contributed by atoms with Crippen LogP contribution in [0, 0.1) is 0 Å². The van der Waals surface area contributed by atoms with Gasteiger partial charge in [0.25, 0.3) is 0 Å². The summed E-state index contributed by atoms with van der Waals surface area (Å²) in [6.45, 7) is 7.41. The molecule has 28 heavy (non-hydrogen) atoms. The van der Waals surface area contributed by atoms with Gasteiger partial charge in [-0.3, -0.25) is 0 Å². The van der Waals surface area contributed by atoms with Gasteiger partial charge in [-0.1, -0.05) is 54.6 Å². The first-order valence-corrected chi connectivity index (χ1v) is 9.44. The number of hydrogen-bond acceptors (Lipinski definition) is 3. The first kappa shape index (κ1) is 24.4. The average Bonchev–Trinajstić information content (AvgIpc) is 2.68. The summed E-state index contributed by atoms with van der Waals surface area (Å²) in [6, 6.07) is 18.8. The molecule has 0 amide bonds. The van der Waals surface area contributed by atoms with E-state index in [0.29, 0.717) is 26.4 Å². The molecule has 0 aromatic heterocycles. The molecule has 1 atom stereocenters. The largest absolute Gasteiger partial charge is 0.383 e. The van der Waals surface area contributed by atoms with E-state index in [4.69, 9.17) is 9.47 Å². The molecule has 2 aromatic carbocycles. The molecular formula is C22H32IN3O2. The van der Waals surface area contributed by atoms with Crippen molar-refractivity contribution in [3.8, 4) is 0 Å². The fraction of sp³-hybridized carbons (Fsp3) is 0.409. The van der Waals surface area contributed by atoms with Crippen LogP contribution in [0.2, 0.25) is 0 Å². The zero-order chi connectivity index (χ0) is 19.3. The van der Waals surface area contributed by atoms with Crippen molar-refractivity contribution in [3.63, 3.8) is 0 Å². The minimum atomic E-state index is 0. The highest BCUT2D eigenvalue weighted by molar-refractivity contribution is 14.0. The molecule has 0 saturated heterocycles. The van der Waals surface area contributed by atoms with Crippen molar-refractivity contribution >= 4 is 29.9 Å². The molecule has 154 valence electrons. The van der Waals surface area contributed by atoms with E-state index in [9.17, 15) is 0 Å². The van der Waals surface area contributed by atoms with Crippen LogP contribution in [0.25, 0.3) is 0 Å². The molecule has 0 saturated carbocycles. The summed E-state index contributed by atoms with van der Waals surface area (Å²) in [5.41, 5.74) is 3.50. The minimum Gasteiger partial charge on any atom is -0.383 e. The third-order valence-electron chi connectivity index (χ3n) is 3.94. The molecule has 2 aromatic rings. The summed E-state index contributed by atoms with van der Waals surface area (Å²) < 4.78 is 11.0. The van der Waals surface area contributed by atoms with Crippen molar-refractivity contribution in [2.75, 3.05) is 20.3 Å². The molecule has 1 unspecified atom stereocenters. The van der Waals surface area contributed by atoms with E-state index in [2.05, 4.69) is 65.9 Å². The summed E-state index contributed by atoms with van der Waals surface area (Å²) in [5.74, 6) is 0.799. The van der Waals surface area contributed by atoms with Crippen LogP contribution in [0.4, 0.5) is 0 Å². The van der Waals surface area contributed by atoms with Crippen LogP contribution in [-0.2, 0) is 29.2 Å². The molecule has 0 bridgehead atoms. The van der Waals surface area contributed by atoms with E-state index in [1.54, 1.807) is 7.11 Å². The molecule has 2 rings (SSSR count). The van der Waals surface area contributed by atoms with Crippen LogP contribution >= 0.6 is 24.0 Å². The monoisotopic (exact) mass is 497 g/mol. The Balaban J connectivity index is 0.00000392. The van der Waals surface area contributed by atoms with Crippen LogP contribution in [0.1, 0.15) is 30.5 Å². The molecule has 0 aliphatic heterocycles. The lowest BCUT2D eigenvalue weighted by Gasteiger charge is -2.17. The first-order chi connectivity index (χ1) is 13.2. The van der Waals surface area contributed by atoms with E-state index in [1.807, 2.05) is 18.2 Å². The SMILES string of the molecule is CCNC(=NCc1cccc(COCc2ccccc2)c1)NC(C)COC.I. The molecule has 0 spiro atoms. The number of guanidine groups is 1. The molecule has 0 aliphatic carbocycles. The minimum absolute atomic E-state index is 0. The van der Waals surface area contributed by atoms with Crippen LogP contribution in [0.3, 0.4) is 0 Å². The van der Waals surface area contributed by atoms with Crippen molar-refractivity contribution in [2.45, 2.75) is 39.6 Å². The van der Waals surface area contributed by atoms with Gasteiger partial charge in [-0.2, -0.15) is 0 Å². The molecule has 5 nitrogen and oxygen atoms in total. The van der Waals surface area contributed by atoms with E-state index < -0.39 is 0 Å². The summed E-state index contributed by atoms with van der Waals surface area (Å²) in [5, 5.41) is 6.61. The standard InChI is InChI=1S/C22H31N3O2.HI/c1-4-23-22(25-18(2)15-26-3)24-14-20-11-8-12-21(13-20)17-27-16-19-9-6-5-7-10-19;/h5-13,18H,4,14-17H2,1-3H3,(H2,23,24,25);1H. The van der Waals surface area contributed by atoms with Crippen molar-refractivity contribution in [3.05, 3.63) is 71.3 Å². The maximum atomic E-state index is 5.83. The zero-order valence-electron chi connectivity index (χ0n) is 17.0. The molecule has 0 radical (unpaired) electrons. The van der Waals surface area contributed by atoms with Crippen molar-refractivity contribution in [1.29, 1.82) is 0 Å². The molecule has 2 N–H and O–H groups in total. The normalized spacial score (nSPS) is 12.2. The first-order valence-electron chi connectivity index (χ1n) is 9.44. The number of aliphatic imine (C=N–C) groups is 1. The van der Waals surface area contributed by atoms with Gasteiger partial charge >= 0.3 is 0 Å². The second-order valence-corrected chi connectivity index (χ2v) is 6.49. The Morgan fingerprint density at radius 1 is 1.00 bits per heavy atom. The topological polar surface area (TPSA) is 54.9 Å². The molecular weight excluding hydrogens is 465 g/mol. The maximum Gasteiger partial charge on any atom is 0.191 e. The molecule has 6 heteroatoms. The van der Waals surface area contributed by atoms with Gasteiger partial charge in [-0.15, -0.1) is 24.0 Å². The van der Waals surface area contributed by atoms with Gasteiger partial charge in [0.2, 0.25) is 0 Å². The Kier molecular flexibility index (Phi) is 12.5. The van der Waals surface area contributed by atoms with E-state index in [1.165, 1.54) is 5.56 Å². The quantitative estimate of drug-likeness (QED) is 0.295. The Labute approximate surface area is 186 Å². The lowest BCUT2D eigenvalue weighted by Crippen LogP contribution is -2.43. The maximum absolute atomic E-state index is 5.83. The lowest BCUT2D eigenvalue weighted by molar-refractivity contribution is 0.107. The van der Waals surface area contributed by atoms with Gasteiger partial charge in [-0.05, 0) is 30.5 Å². The Morgan fingerprint density at radius 2 is 1.68 bits per heavy atom. The van der Waals surface area contributed by atoms with Crippen molar-refractivity contribution < 1.29 is 9.47 Å². The number of rotatable bonds is 10. The molecule has 0 aliphatic rings. The van der Waals surface area contributed by atoms with Crippen LogP contribution < -0.4 is 10.6 Å². The van der Waals surface area contributed by atoms with E-state index >= 15 is 0 Å². The number of nitrogens with zero attached hydrogens (tertiary/aromatic N) is 1. The highest BCUT2D eigenvalue weighted by Crippen LogP contribution is 2.10. The number of nitrogens with one attached hydrogen (secondary N) is 2. The van der Waals surface area contributed by atoms with Gasteiger partial charge in [0.1, 0.15) is 0 Å². The highest BCUT2D eigenvalue weighted by Gasteiger charge is 2.04. The summed E-state index contributed by atoms with van der Waals surface area (Å²) >= 11 is 0. The van der Waals surface area contributed by atoms with Gasteiger partial charge in [0, 0.05) is 19.7 Å². The number of halogens is 1. The second kappa shape index (κ2) is 14.4. The number of methoxy groups -OCH3 is 1. The fourth-order valence-corrected chi connectivity index (χ4v) is 2.69. The third-order valence-corrected chi connectivity index (χ3v) is 3.94. The van der Waals surface area contributed by atoms with Gasteiger partial charge in [0.15, 0.2) is 5.96 Å². The van der Waals surface area contributed by atoms with Crippen LogP contribution in [-0.4, -0.2) is 32.3 Å². The fourth-order valence-electron chi connectivity index (χ4n) is 2.69. The third kappa shape index (κ3) is 9.52. The predicted octanol–water partition coefficient (Wildman–Crippen LogP) is 4.11. The van der Waals surface area contributed by atoms with Gasteiger partial charge in [0.05, 0.1) is 26.4 Å². The van der Waals surface area contributed by atoms with Crippen molar-refractivity contribution in [1.82, 2.24) is 10.6 Å². The zero-order valence-corrected chi connectivity index (χ0v) is 19.3. The van der Waals surface area contributed by atoms with E-state index in [-0.39, 0.29) is 30.0 Å². The van der Waals surface area contributed by atoms with Crippen molar-refractivity contribution in [2.24, 2.45) is 4.99 Å². The summed E-state index contributed by atoms with van der Waals surface area (Å²) in [6.07, 6.45) is 0. The Morgan fingerprint density at radius 3 is 2.39 bits per heavy atom. The molecule has 0 heterocycles. The summed E-state index contributed by atoms with van der Waals surface area (Å²) in [4.78, 5) is 4.67. The Bertz CT molecular complexity index is 695. The number of hydrogen-bond donors (Lipinski definition) is 2. The molecule has 0 fully saturated rings. The average molecular weight is 497 g/mol. The Hall–Kier alpha value is -1.64. The van der Waals surface area contributed by atoms with Crippen LogP contribution in [0.5, 0.6) is 0 Å². The summed E-state index contributed by atoms with van der Waals surface area (Å²) in [7, 11) is 1.70. The van der Waals surface area contributed by atoms with Crippen LogP contribution in [0.15, 0.2) is 59.6 Å². The smallest absolute Gasteiger partial charge is 0.191 e. The number of benzene rings is 2. The van der Waals surface area contributed by atoms with Gasteiger partial charge < -0.3 is 20.1 Å². The predicted molar refractivity (Wildman–Crippen MR) is 126 cm³/mol. The van der Waals surface area contributed by atoms with E-state index in [0.717, 1.165) is 23.6 Å². The van der Waals surface area contributed by atoms with Gasteiger partial charge in [-0.25, -0.2) is 4.99 Å². The highest BCUT2D eigenvalue weighted by atomic mass is 127. The second-order valence-electron chi connectivity index (χ2n) is 6.49. The lowest BCUT2D eigenvalue weighted by atomic mass is 10.1. The number of ether oxygens (including phenoxy) is 2.